The highest BCUT2D eigenvalue weighted by atomic mass is 19.1. The maximum absolute atomic E-state index is 13.7. The van der Waals surface area contributed by atoms with Crippen molar-refractivity contribution < 1.29 is 18.7 Å². The molecular formula is C14H7FN4O5. The van der Waals surface area contributed by atoms with Crippen molar-refractivity contribution in [2.24, 2.45) is 0 Å². The second-order valence-electron chi connectivity index (χ2n) is 4.64. The van der Waals surface area contributed by atoms with E-state index in [0.717, 1.165) is 18.2 Å². The molecule has 0 aliphatic carbocycles. The number of aromatic nitrogens is 2. The molecule has 24 heavy (non-hydrogen) atoms. The van der Waals surface area contributed by atoms with Gasteiger partial charge in [0.2, 0.25) is 5.89 Å². The minimum Gasteiger partial charge on any atom is -0.416 e. The van der Waals surface area contributed by atoms with Crippen molar-refractivity contribution in [2.75, 3.05) is 0 Å². The minimum absolute atomic E-state index is 0.00834. The van der Waals surface area contributed by atoms with Crippen LogP contribution < -0.4 is 0 Å². The highest BCUT2D eigenvalue weighted by molar-refractivity contribution is 5.64. The van der Waals surface area contributed by atoms with Gasteiger partial charge in [0.1, 0.15) is 5.82 Å². The summed E-state index contributed by atoms with van der Waals surface area (Å²) < 4.78 is 19.0. The third kappa shape index (κ3) is 2.79. The van der Waals surface area contributed by atoms with E-state index in [2.05, 4.69) is 10.2 Å². The monoisotopic (exact) mass is 330 g/mol. The zero-order valence-corrected chi connectivity index (χ0v) is 11.7. The summed E-state index contributed by atoms with van der Waals surface area (Å²) in [6.45, 7) is 0. The summed E-state index contributed by atoms with van der Waals surface area (Å²) in [6, 6.07) is 8.62. The topological polar surface area (TPSA) is 125 Å². The zero-order chi connectivity index (χ0) is 17.3. The lowest BCUT2D eigenvalue weighted by atomic mass is 10.1. The van der Waals surface area contributed by atoms with Gasteiger partial charge in [0, 0.05) is 12.1 Å². The molecule has 0 fully saturated rings. The Morgan fingerprint density at radius 1 is 0.917 bits per heavy atom. The van der Waals surface area contributed by atoms with Crippen molar-refractivity contribution >= 4 is 11.4 Å². The third-order valence-electron chi connectivity index (χ3n) is 3.10. The molecule has 120 valence electrons. The van der Waals surface area contributed by atoms with E-state index in [1.54, 1.807) is 6.07 Å². The van der Waals surface area contributed by atoms with Crippen molar-refractivity contribution in [2.45, 2.75) is 0 Å². The Bertz CT molecular complexity index is 924. The highest BCUT2D eigenvalue weighted by Crippen LogP contribution is 2.31. The van der Waals surface area contributed by atoms with Crippen molar-refractivity contribution in [3.8, 4) is 22.9 Å². The summed E-state index contributed by atoms with van der Waals surface area (Å²) >= 11 is 0. The van der Waals surface area contributed by atoms with Gasteiger partial charge < -0.3 is 4.42 Å². The lowest BCUT2D eigenvalue weighted by Gasteiger charge is -1.98. The molecule has 10 heteroatoms. The van der Waals surface area contributed by atoms with Crippen LogP contribution in [-0.2, 0) is 0 Å². The lowest BCUT2D eigenvalue weighted by molar-refractivity contribution is -0.394. The van der Waals surface area contributed by atoms with E-state index in [4.69, 9.17) is 4.42 Å². The zero-order valence-electron chi connectivity index (χ0n) is 11.7. The van der Waals surface area contributed by atoms with Crippen molar-refractivity contribution in [1.29, 1.82) is 0 Å². The molecule has 0 saturated heterocycles. The number of nitro groups is 2. The molecule has 1 aromatic heterocycles. The number of non-ortho nitro benzene ring substituents is 2. The van der Waals surface area contributed by atoms with Gasteiger partial charge in [0.25, 0.3) is 17.3 Å². The van der Waals surface area contributed by atoms with Crippen LogP contribution in [0.4, 0.5) is 15.8 Å². The van der Waals surface area contributed by atoms with E-state index in [-0.39, 0.29) is 22.9 Å². The van der Waals surface area contributed by atoms with Crippen LogP contribution in [0.2, 0.25) is 0 Å². The molecule has 0 saturated carbocycles. The molecule has 0 N–H and O–H groups in total. The van der Waals surface area contributed by atoms with Crippen molar-refractivity contribution in [3.05, 3.63) is 68.5 Å². The fraction of sp³-hybridized carbons (Fsp3) is 0. The van der Waals surface area contributed by atoms with Crippen LogP contribution in [0, 0.1) is 26.0 Å². The standard InChI is InChI=1S/C14H7FN4O5/c15-12-4-2-1-3-11(12)14-17-16-13(24-14)8-5-9(18(20)21)7-10(6-8)19(22)23/h1-7H. The van der Waals surface area contributed by atoms with Gasteiger partial charge in [-0.25, -0.2) is 4.39 Å². The lowest BCUT2D eigenvalue weighted by Crippen LogP contribution is -1.94. The van der Waals surface area contributed by atoms with Gasteiger partial charge in [-0.05, 0) is 12.1 Å². The van der Waals surface area contributed by atoms with Crippen LogP contribution in [0.1, 0.15) is 0 Å². The first-order valence-corrected chi connectivity index (χ1v) is 6.48. The third-order valence-corrected chi connectivity index (χ3v) is 3.10. The van der Waals surface area contributed by atoms with Crippen molar-refractivity contribution in [1.82, 2.24) is 10.2 Å². The van der Waals surface area contributed by atoms with Gasteiger partial charge in [0.15, 0.2) is 0 Å². The van der Waals surface area contributed by atoms with Crippen LogP contribution in [0.3, 0.4) is 0 Å². The van der Waals surface area contributed by atoms with Gasteiger partial charge >= 0.3 is 0 Å². The molecule has 3 rings (SSSR count). The summed E-state index contributed by atoms with van der Waals surface area (Å²) in [5.41, 5.74) is -0.947. The maximum atomic E-state index is 13.7. The number of hydrogen-bond acceptors (Lipinski definition) is 7. The Morgan fingerprint density at radius 3 is 2.08 bits per heavy atom. The molecule has 2 aromatic carbocycles. The van der Waals surface area contributed by atoms with Gasteiger partial charge in [-0.3, -0.25) is 20.2 Å². The Balaban J connectivity index is 2.09. The fourth-order valence-electron chi connectivity index (χ4n) is 2.01. The normalized spacial score (nSPS) is 10.5. The van der Waals surface area contributed by atoms with Crippen LogP contribution in [0.15, 0.2) is 46.9 Å². The SMILES string of the molecule is O=[N+]([O-])c1cc(-c2nnc(-c3ccccc3F)o2)cc([N+](=O)[O-])c1. The minimum atomic E-state index is -0.773. The molecule has 0 aliphatic heterocycles. The van der Waals surface area contributed by atoms with Crippen molar-refractivity contribution in [3.63, 3.8) is 0 Å². The molecule has 0 spiro atoms. The van der Waals surface area contributed by atoms with Gasteiger partial charge in [-0.2, -0.15) is 0 Å². The highest BCUT2D eigenvalue weighted by Gasteiger charge is 2.21. The second-order valence-corrected chi connectivity index (χ2v) is 4.64. The summed E-state index contributed by atoms with van der Waals surface area (Å²) in [5, 5.41) is 29.1. The number of nitro benzene ring substituents is 2. The van der Waals surface area contributed by atoms with E-state index in [1.165, 1.54) is 18.2 Å². The van der Waals surface area contributed by atoms with E-state index >= 15 is 0 Å². The first-order valence-electron chi connectivity index (χ1n) is 6.48. The van der Waals surface area contributed by atoms with Gasteiger partial charge in [-0.1, -0.05) is 12.1 Å². The molecule has 0 bridgehead atoms. The molecule has 9 nitrogen and oxygen atoms in total. The second kappa shape index (κ2) is 5.83. The molecule has 0 aliphatic rings. The van der Waals surface area contributed by atoms with Crippen LogP contribution >= 0.6 is 0 Å². The Morgan fingerprint density at radius 2 is 1.50 bits per heavy atom. The maximum Gasteiger partial charge on any atom is 0.277 e. The summed E-state index contributed by atoms with van der Waals surface area (Å²) in [4.78, 5) is 20.2. The first-order chi connectivity index (χ1) is 11.5. The smallest absolute Gasteiger partial charge is 0.277 e. The van der Waals surface area contributed by atoms with Gasteiger partial charge in [-0.15, -0.1) is 10.2 Å². The summed E-state index contributed by atoms with van der Waals surface area (Å²) in [7, 11) is 0. The molecular weight excluding hydrogens is 323 g/mol. The van der Waals surface area contributed by atoms with Crippen LogP contribution in [0.5, 0.6) is 0 Å². The molecule has 3 aromatic rings. The number of nitrogens with zero attached hydrogens (tertiary/aromatic N) is 4. The Kier molecular flexibility index (Phi) is 3.70. The molecule has 0 radical (unpaired) electrons. The number of rotatable bonds is 4. The number of halogens is 1. The fourth-order valence-corrected chi connectivity index (χ4v) is 2.01. The average Bonchev–Trinajstić information content (AvgIpc) is 3.04. The quantitative estimate of drug-likeness (QED) is 0.530. The predicted molar refractivity (Wildman–Crippen MR) is 78.4 cm³/mol. The molecule has 0 atom stereocenters. The van der Waals surface area contributed by atoms with Crippen LogP contribution in [-0.4, -0.2) is 20.0 Å². The number of benzene rings is 2. The van der Waals surface area contributed by atoms with E-state index in [1.807, 2.05) is 0 Å². The summed E-state index contributed by atoms with van der Waals surface area (Å²) in [5.74, 6) is -0.921. The number of hydrogen-bond donors (Lipinski definition) is 0. The van der Waals surface area contributed by atoms with Gasteiger partial charge in [0.05, 0.1) is 27.0 Å². The Labute approximate surface area is 132 Å². The average molecular weight is 330 g/mol. The molecule has 0 amide bonds. The predicted octanol–water partition coefficient (Wildman–Crippen LogP) is 3.36. The van der Waals surface area contributed by atoms with E-state index in [0.29, 0.717) is 0 Å². The molecule has 1 heterocycles. The van der Waals surface area contributed by atoms with Crippen LogP contribution in [0.25, 0.3) is 22.9 Å². The largest absolute Gasteiger partial charge is 0.416 e. The van der Waals surface area contributed by atoms with E-state index < -0.39 is 27.0 Å². The first kappa shape index (κ1) is 15.2. The Hall–Kier alpha value is -3.69. The van der Waals surface area contributed by atoms with E-state index in [9.17, 15) is 24.6 Å². The molecule has 0 unspecified atom stereocenters. The summed E-state index contributed by atoms with van der Waals surface area (Å²) in [6.07, 6.45) is 0.